The topological polar surface area (TPSA) is 122 Å². The lowest BCUT2D eigenvalue weighted by Gasteiger charge is -2.53. The number of hydrogen-bond acceptors (Lipinski definition) is 7. The monoisotopic (exact) mass is 549 g/mol. The second-order valence-electron chi connectivity index (χ2n) is 11.2. The number of quaternary nitrogens is 1. The van der Waals surface area contributed by atoms with Crippen LogP contribution in [-0.2, 0) is 25.4 Å². The van der Waals surface area contributed by atoms with Crippen LogP contribution in [0.1, 0.15) is 59.9 Å². The van der Waals surface area contributed by atoms with E-state index in [2.05, 4.69) is 33.9 Å². The standard InChI is InChI=1S/C27H43N3O7Si/c1-9-30(10-2,11-3)23-18-24(32)28(23)25(22(31)16-17-37-38(7,8)27(4,5)6)26(33)36-19-20-12-14-21(15-13-20)29(34)35/h12-15,23H,9-11,16-19H2,1-8H3. The number of nitrogens with zero attached hydrogens (tertiary/aromatic N) is 3. The molecule has 1 amide bonds. The second kappa shape index (κ2) is 12.4. The first-order valence-electron chi connectivity index (χ1n) is 13.3. The zero-order valence-electron chi connectivity index (χ0n) is 24.0. The number of carbonyl (C=O) groups is 2. The molecule has 2 rings (SSSR count). The third kappa shape index (κ3) is 6.81. The van der Waals surface area contributed by atoms with Gasteiger partial charge in [-0.15, -0.1) is 0 Å². The predicted molar refractivity (Wildman–Crippen MR) is 145 cm³/mol. The van der Waals surface area contributed by atoms with Crippen molar-refractivity contribution in [3.05, 3.63) is 51.4 Å². The van der Waals surface area contributed by atoms with Gasteiger partial charge in [0.15, 0.2) is 14.5 Å². The summed E-state index contributed by atoms with van der Waals surface area (Å²) in [5.41, 5.74) is 0.195. The van der Waals surface area contributed by atoms with Crippen molar-refractivity contribution < 1.29 is 33.3 Å². The highest BCUT2D eigenvalue weighted by Crippen LogP contribution is 2.37. The maximum Gasteiger partial charge on any atom is 0.354 e. The molecule has 0 saturated carbocycles. The van der Waals surface area contributed by atoms with Crippen LogP contribution in [0.25, 0.3) is 0 Å². The number of nitro groups is 1. The van der Waals surface area contributed by atoms with Crippen LogP contribution in [0.4, 0.5) is 5.69 Å². The average Bonchev–Trinajstić information content (AvgIpc) is 2.85. The molecule has 212 valence electrons. The van der Waals surface area contributed by atoms with Crippen LogP contribution in [0.15, 0.2) is 35.7 Å². The minimum Gasteiger partial charge on any atom is -0.874 e. The van der Waals surface area contributed by atoms with Crippen molar-refractivity contribution in [3.63, 3.8) is 0 Å². The van der Waals surface area contributed by atoms with Gasteiger partial charge in [-0.3, -0.25) is 19.8 Å². The van der Waals surface area contributed by atoms with Gasteiger partial charge in [-0.05, 0) is 63.0 Å². The number of carbonyl (C=O) groups excluding carboxylic acids is 2. The summed E-state index contributed by atoms with van der Waals surface area (Å²) in [5.74, 6) is -1.65. The van der Waals surface area contributed by atoms with Crippen LogP contribution in [0, 0.1) is 10.1 Å². The summed E-state index contributed by atoms with van der Waals surface area (Å²) in [5, 5.41) is 24.4. The highest BCUT2D eigenvalue weighted by atomic mass is 28.4. The summed E-state index contributed by atoms with van der Waals surface area (Å²) >= 11 is 0. The molecule has 0 radical (unpaired) electrons. The molecule has 1 atom stereocenters. The number of rotatable bonds is 13. The summed E-state index contributed by atoms with van der Waals surface area (Å²) in [4.78, 5) is 38.0. The maximum atomic E-state index is 13.5. The molecule has 0 N–H and O–H groups in total. The van der Waals surface area contributed by atoms with Gasteiger partial charge < -0.3 is 18.8 Å². The van der Waals surface area contributed by atoms with Gasteiger partial charge in [0.2, 0.25) is 5.91 Å². The molecule has 10 nitrogen and oxygen atoms in total. The number of hydrogen-bond donors (Lipinski definition) is 0. The summed E-state index contributed by atoms with van der Waals surface area (Å²) < 4.78 is 12.2. The molecule has 0 aliphatic carbocycles. The Balaban J connectivity index is 2.34. The normalized spacial score (nSPS) is 17.1. The van der Waals surface area contributed by atoms with Gasteiger partial charge in [-0.2, -0.15) is 0 Å². The molecule has 38 heavy (non-hydrogen) atoms. The van der Waals surface area contributed by atoms with E-state index >= 15 is 0 Å². The molecule has 0 spiro atoms. The van der Waals surface area contributed by atoms with Crippen LogP contribution < -0.4 is 5.11 Å². The van der Waals surface area contributed by atoms with Crippen molar-refractivity contribution >= 4 is 25.9 Å². The molecular formula is C27H43N3O7Si. The summed E-state index contributed by atoms with van der Waals surface area (Å²) in [6.07, 6.45) is -0.118. The number of ether oxygens (including phenoxy) is 1. The Bertz CT molecular complexity index is 1040. The molecule has 1 aliphatic rings. The molecule has 1 heterocycles. The molecule has 0 aromatic heterocycles. The molecule has 0 bridgehead atoms. The van der Waals surface area contributed by atoms with Crippen molar-refractivity contribution in [2.45, 2.75) is 85.3 Å². The quantitative estimate of drug-likeness (QED) is 0.0531. The Morgan fingerprint density at radius 1 is 1.13 bits per heavy atom. The molecule has 1 aromatic carbocycles. The number of amides is 1. The molecule has 1 unspecified atom stereocenters. The lowest BCUT2D eigenvalue weighted by atomic mass is 10.0. The van der Waals surface area contributed by atoms with E-state index in [-0.39, 0.29) is 54.6 Å². The first-order valence-corrected chi connectivity index (χ1v) is 16.2. The van der Waals surface area contributed by atoms with Crippen molar-refractivity contribution in [3.8, 4) is 0 Å². The highest BCUT2D eigenvalue weighted by Gasteiger charge is 2.52. The summed E-state index contributed by atoms with van der Waals surface area (Å²) in [7, 11) is -2.11. The number of nitro benzene ring substituents is 1. The van der Waals surface area contributed by atoms with Gasteiger partial charge >= 0.3 is 5.97 Å². The third-order valence-electron chi connectivity index (χ3n) is 8.26. The minimum atomic E-state index is -2.11. The fourth-order valence-electron chi connectivity index (χ4n) is 4.43. The summed E-state index contributed by atoms with van der Waals surface area (Å²) in [6, 6.07) is 5.62. The first-order chi connectivity index (χ1) is 17.6. The van der Waals surface area contributed by atoms with E-state index in [9.17, 15) is 24.8 Å². The van der Waals surface area contributed by atoms with E-state index in [0.717, 1.165) is 19.6 Å². The van der Waals surface area contributed by atoms with Crippen LogP contribution in [0.3, 0.4) is 0 Å². The van der Waals surface area contributed by atoms with Crippen LogP contribution in [0.2, 0.25) is 18.1 Å². The third-order valence-corrected chi connectivity index (χ3v) is 12.8. The van der Waals surface area contributed by atoms with Crippen LogP contribution in [-0.4, -0.2) is 66.9 Å². The van der Waals surface area contributed by atoms with E-state index in [1.165, 1.54) is 29.2 Å². The molecule has 1 saturated heterocycles. The smallest absolute Gasteiger partial charge is 0.354 e. The van der Waals surface area contributed by atoms with Gasteiger partial charge in [-0.1, -0.05) is 26.5 Å². The number of non-ortho nitro benzene ring substituents is 1. The second-order valence-corrected chi connectivity index (χ2v) is 16.1. The fraction of sp³-hybridized carbons (Fsp3) is 0.630. The highest BCUT2D eigenvalue weighted by molar-refractivity contribution is 6.74. The predicted octanol–water partition coefficient (Wildman–Crippen LogP) is 4.06. The first kappa shape index (κ1) is 31.5. The van der Waals surface area contributed by atoms with Gasteiger partial charge in [0.25, 0.3) is 5.69 Å². The number of benzene rings is 1. The Kier molecular flexibility index (Phi) is 10.3. The van der Waals surface area contributed by atoms with E-state index in [1.807, 2.05) is 20.8 Å². The molecule has 1 aliphatic heterocycles. The van der Waals surface area contributed by atoms with Crippen LogP contribution >= 0.6 is 0 Å². The van der Waals surface area contributed by atoms with E-state index in [0.29, 0.717) is 10.0 Å². The van der Waals surface area contributed by atoms with Gasteiger partial charge in [0.1, 0.15) is 18.7 Å². The van der Waals surface area contributed by atoms with Crippen molar-refractivity contribution in [2.24, 2.45) is 0 Å². The zero-order valence-corrected chi connectivity index (χ0v) is 25.0. The number of esters is 1. The number of likely N-dealkylation sites (tertiary alicyclic amines) is 1. The van der Waals surface area contributed by atoms with Gasteiger partial charge in [0.05, 0.1) is 24.6 Å². The Labute approximate surface area is 227 Å². The Hall–Kier alpha value is -2.76. The van der Waals surface area contributed by atoms with E-state index in [1.54, 1.807) is 0 Å². The van der Waals surface area contributed by atoms with E-state index < -0.39 is 25.0 Å². The van der Waals surface area contributed by atoms with Crippen molar-refractivity contribution in [1.82, 2.24) is 4.90 Å². The van der Waals surface area contributed by atoms with Gasteiger partial charge in [-0.25, -0.2) is 4.79 Å². The SMILES string of the molecule is CC[N+](CC)(CC)C1CC(=O)N1C(C(=O)OCc1ccc([N+](=O)[O-])cc1)=C([O-])CCO[Si](C)(C)C(C)(C)C. The lowest BCUT2D eigenvalue weighted by Crippen LogP contribution is -2.70. The molecular weight excluding hydrogens is 506 g/mol. The van der Waals surface area contributed by atoms with Crippen LogP contribution in [0.5, 0.6) is 0 Å². The lowest BCUT2D eigenvalue weighted by molar-refractivity contribution is -0.958. The number of β-lactam (4-membered cyclic amide) rings is 1. The van der Waals surface area contributed by atoms with E-state index in [4.69, 9.17) is 9.16 Å². The minimum absolute atomic E-state index is 0.0364. The average molecular weight is 550 g/mol. The largest absolute Gasteiger partial charge is 0.874 e. The molecule has 11 heteroatoms. The Morgan fingerprint density at radius 2 is 1.68 bits per heavy atom. The summed E-state index contributed by atoms with van der Waals surface area (Å²) in [6.45, 7) is 18.8. The molecule has 1 fully saturated rings. The fourth-order valence-corrected chi connectivity index (χ4v) is 5.47. The maximum absolute atomic E-state index is 13.5. The Morgan fingerprint density at radius 3 is 2.13 bits per heavy atom. The van der Waals surface area contributed by atoms with Gasteiger partial charge in [0, 0.05) is 18.7 Å². The zero-order chi connectivity index (χ0) is 28.9. The van der Waals surface area contributed by atoms with Crippen molar-refractivity contribution in [1.29, 1.82) is 0 Å². The van der Waals surface area contributed by atoms with Crippen molar-refractivity contribution in [2.75, 3.05) is 26.2 Å². The molecule has 1 aromatic rings.